The predicted molar refractivity (Wildman–Crippen MR) is 114 cm³/mol. The number of hydrogen-bond donors (Lipinski definition) is 3. The van der Waals surface area contributed by atoms with Gasteiger partial charge in [-0.25, -0.2) is 0 Å². The molecule has 1 unspecified atom stereocenters. The summed E-state index contributed by atoms with van der Waals surface area (Å²) >= 11 is 6.47. The highest BCUT2D eigenvalue weighted by Gasteiger charge is 2.41. The van der Waals surface area contributed by atoms with Crippen LogP contribution in [0.1, 0.15) is 63.5 Å². The van der Waals surface area contributed by atoms with Crippen molar-refractivity contribution in [2.24, 2.45) is 11.8 Å². The van der Waals surface area contributed by atoms with E-state index in [0.717, 1.165) is 24.8 Å². The minimum atomic E-state index is -0.776. The van der Waals surface area contributed by atoms with Crippen molar-refractivity contribution in [3.63, 3.8) is 0 Å². The summed E-state index contributed by atoms with van der Waals surface area (Å²) in [5, 5.41) is 29.2. The topological polar surface area (TPSA) is 87.0 Å². The first-order valence-electron chi connectivity index (χ1n) is 10.5. The number of rotatable bonds is 12. The van der Waals surface area contributed by atoms with Crippen LogP contribution in [0.2, 0.25) is 0 Å². The molecule has 0 heterocycles. The van der Waals surface area contributed by atoms with Gasteiger partial charge in [-0.1, -0.05) is 37.6 Å². The molecule has 1 aliphatic rings. The molecule has 6 heteroatoms. The van der Waals surface area contributed by atoms with E-state index in [0.29, 0.717) is 31.6 Å². The summed E-state index contributed by atoms with van der Waals surface area (Å²) in [5.74, 6) is -0.0471. The Morgan fingerprint density at radius 3 is 2.86 bits per heavy atom. The zero-order chi connectivity index (χ0) is 21.2. The lowest BCUT2D eigenvalue weighted by Crippen LogP contribution is -2.27. The van der Waals surface area contributed by atoms with Crippen LogP contribution in [0.5, 0.6) is 5.75 Å². The second-order valence-electron chi connectivity index (χ2n) is 7.83. The fourth-order valence-electron chi connectivity index (χ4n) is 3.88. The van der Waals surface area contributed by atoms with Crippen molar-refractivity contribution in [3.8, 4) is 5.75 Å². The Morgan fingerprint density at radius 2 is 2.14 bits per heavy atom. The number of benzene rings is 1. The maximum absolute atomic E-state index is 10.5. The third-order valence-electron chi connectivity index (χ3n) is 5.56. The van der Waals surface area contributed by atoms with Crippen LogP contribution >= 0.6 is 11.6 Å². The SMILES string of the molecule is CCCC(O)c1cccc(OC[C@@H]2[C@@H](C/C=C\CCCC(=O)O)[C@@H](Cl)C[C@H]2O)c1. The molecule has 1 aromatic carbocycles. The van der Waals surface area contributed by atoms with E-state index in [-0.39, 0.29) is 23.6 Å². The predicted octanol–water partition coefficient (Wildman–Crippen LogP) is 4.70. The van der Waals surface area contributed by atoms with E-state index in [2.05, 4.69) is 0 Å². The quantitative estimate of drug-likeness (QED) is 0.257. The van der Waals surface area contributed by atoms with Gasteiger partial charge in [0.15, 0.2) is 0 Å². The molecule has 0 aromatic heterocycles. The number of carbonyl (C=O) groups is 1. The van der Waals surface area contributed by atoms with E-state index < -0.39 is 18.2 Å². The Morgan fingerprint density at radius 1 is 1.34 bits per heavy atom. The molecular weight excluding hydrogens is 392 g/mol. The van der Waals surface area contributed by atoms with Gasteiger partial charge >= 0.3 is 5.97 Å². The monoisotopic (exact) mass is 424 g/mol. The lowest BCUT2D eigenvalue weighted by atomic mass is 9.92. The third-order valence-corrected chi connectivity index (χ3v) is 6.06. The van der Waals surface area contributed by atoms with Gasteiger partial charge in [0.05, 0.1) is 18.8 Å². The van der Waals surface area contributed by atoms with Crippen LogP contribution in [0.3, 0.4) is 0 Å². The van der Waals surface area contributed by atoms with Crippen LogP contribution in [0.15, 0.2) is 36.4 Å². The van der Waals surface area contributed by atoms with Crippen LogP contribution in [0.25, 0.3) is 0 Å². The second-order valence-corrected chi connectivity index (χ2v) is 8.39. The zero-order valence-electron chi connectivity index (χ0n) is 17.0. The number of unbranched alkanes of at least 4 members (excludes halogenated alkanes) is 1. The van der Waals surface area contributed by atoms with Gasteiger partial charge in [0.25, 0.3) is 0 Å². The number of aliphatic hydroxyl groups is 2. The summed E-state index contributed by atoms with van der Waals surface area (Å²) in [6, 6.07) is 7.48. The summed E-state index contributed by atoms with van der Waals surface area (Å²) in [5.41, 5.74) is 0.840. The van der Waals surface area contributed by atoms with Crippen molar-refractivity contribution in [2.75, 3.05) is 6.61 Å². The lowest BCUT2D eigenvalue weighted by molar-refractivity contribution is -0.137. The van der Waals surface area contributed by atoms with Gasteiger partial charge in [-0.05, 0) is 55.7 Å². The molecule has 0 bridgehead atoms. The molecule has 2 rings (SSSR count). The Kier molecular flexibility index (Phi) is 9.98. The molecule has 1 aliphatic carbocycles. The summed E-state index contributed by atoms with van der Waals surface area (Å²) in [7, 11) is 0. The van der Waals surface area contributed by atoms with Gasteiger partial charge in [0.2, 0.25) is 0 Å². The number of carboxylic acid groups (broad SMARTS) is 1. The molecule has 5 atom stereocenters. The highest BCUT2D eigenvalue weighted by molar-refractivity contribution is 6.21. The van der Waals surface area contributed by atoms with Crippen molar-refractivity contribution >= 4 is 17.6 Å². The normalized spacial score (nSPS) is 25.4. The highest BCUT2D eigenvalue weighted by Crippen LogP contribution is 2.39. The molecule has 29 heavy (non-hydrogen) atoms. The van der Waals surface area contributed by atoms with E-state index in [9.17, 15) is 15.0 Å². The molecule has 162 valence electrons. The van der Waals surface area contributed by atoms with Crippen LogP contribution in [-0.2, 0) is 4.79 Å². The van der Waals surface area contributed by atoms with Crippen LogP contribution in [0.4, 0.5) is 0 Å². The largest absolute Gasteiger partial charge is 0.493 e. The second kappa shape index (κ2) is 12.2. The molecule has 0 amide bonds. The maximum Gasteiger partial charge on any atom is 0.303 e. The summed E-state index contributed by atoms with van der Waals surface area (Å²) in [6.07, 6.45) is 7.45. The van der Waals surface area contributed by atoms with Gasteiger partial charge in [0.1, 0.15) is 5.75 Å². The first-order valence-corrected chi connectivity index (χ1v) is 11.0. The highest BCUT2D eigenvalue weighted by atomic mass is 35.5. The van der Waals surface area contributed by atoms with Gasteiger partial charge in [-0.2, -0.15) is 0 Å². The molecule has 1 aromatic rings. The fourth-order valence-corrected chi connectivity index (χ4v) is 4.35. The molecule has 0 saturated heterocycles. The van der Waals surface area contributed by atoms with Crippen molar-refractivity contribution in [1.82, 2.24) is 0 Å². The van der Waals surface area contributed by atoms with Gasteiger partial charge < -0.3 is 20.1 Å². The van der Waals surface area contributed by atoms with Gasteiger partial charge in [-0.3, -0.25) is 4.79 Å². The fraction of sp³-hybridized carbons (Fsp3) is 0.609. The molecule has 0 radical (unpaired) electrons. The number of carboxylic acids is 1. The Hall–Kier alpha value is -1.56. The third kappa shape index (κ3) is 7.65. The molecule has 1 fully saturated rings. The van der Waals surface area contributed by atoms with Gasteiger partial charge in [0, 0.05) is 17.7 Å². The lowest BCUT2D eigenvalue weighted by Gasteiger charge is -2.23. The molecule has 5 nitrogen and oxygen atoms in total. The molecule has 0 aliphatic heterocycles. The zero-order valence-corrected chi connectivity index (χ0v) is 17.8. The van der Waals surface area contributed by atoms with E-state index in [1.807, 2.05) is 43.3 Å². The Bertz CT molecular complexity index is 662. The minimum Gasteiger partial charge on any atom is -0.493 e. The maximum atomic E-state index is 10.5. The van der Waals surface area contributed by atoms with Gasteiger partial charge in [-0.15, -0.1) is 11.6 Å². The average Bonchev–Trinajstić information content (AvgIpc) is 2.95. The van der Waals surface area contributed by atoms with Crippen LogP contribution in [-0.4, -0.2) is 39.4 Å². The number of aliphatic carboxylic acids is 1. The van der Waals surface area contributed by atoms with Crippen LogP contribution in [0, 0.1) is 11.8 Å². The summed E-state index contributed by atoms with van der Waals surface area (Å²) in [4.78, 5) is 10.5. The molecule has 0 spiro atoms. The smallest absolute Gasteiger partial charge is 0.303 e. The van der Waals surface area contributed by atoms with E-state index in [4.69, 9.17) is 21.4 Å². The van der Waals surface area contributed by atoms with Crippen molar-refractivity contribution < 1.29 is 24.9 Å². The first kappa shape index (κ1) is 23.7. The van der Waals surface area contributed by atoms with Crippen molar-refractivity contribution in [3.05, 3.63) is 42.0 Å². The summed E-state index contributed by atoms with van der Waals surface area (Å²) in [6.45, 7) is 2.41. The Balaban J connectivity index is 1.89. The standard InChI is InChI=1S/C23H33ClO5/c1-2-8-21(25)16-9-7-10-17(13-16)29-15-19-18(20(24)14-22(19)26)11-5-3-4-6-12-23(27)28/h3,5,7,9-10,13,18-22,25-26H,2,4,6,8,11-12,14-15H2,1H3,(H,27,28)/b5-3-/t18-,19-,20+,21?,22-/m1/s1. The molecular formula is C23H33ClO5. The van der Waals surface area contributed by atoms with E-state index in [1.54, 1.807) is 0 Å². The number of hydrogen-bond acceptors (Lipinski definition) is 4. The number of halogens is 1. The van der Waals surface area contributed by atoms with Crippen molar-refractivity contribution in [1.29, 1.82) is 0 Å². The number of ether oxygens (including phenoxy) is 1. The first-order chi connectivity index (χ1) is 13.9. The Labute approximate surface area is 178 Å². The minimum absolute atomic E-state index is 0.0645. The van der Waals surface area contributed by atoms with Crippen LogP contribution < -0.4 is 4.74 Å². The summed E-state index contributed by atoms with van der Waals surface area (Å²) < 4.78 is 5.96. The number of alkyl halides is 1. The molecule has 1 saturated carbocycles. The van der Waals surface area contributed by atoms with E-state index in [1.165, 1.54) is 0 Å². The number of aliphatic hydroxyl groups excluding tert-OH is 2. The average molecular weight is 425 g/mol. The number of allylic oxidation sites excluding steroid dienone is 2. The molecule has 3 N–H and O–H groups in total. The van der Waals surface area contributed by atoms with E-state index >= 15 is 0 Å². The van der Waals surface area contributed by atoms with Crippen molar-refractivity contribution in [2.45, 2.75) is 69.5 Å².